The van der Waals surface area contributed by atoms with E-state index in [-0.39, 0.29) is 0 Å². The van der Waals surface area contributed by atoms with Crippen LogP contribution in [0.2, 0.25) is 0 Å². The molecule has 0 saturated carbocycles. The minimum absolute atomic E-state index is 0.757. The summed E-state index contributed by atoms with van der Waals surface area (Å²) >= 11 is 8.53. The molecule has 1 aromatic carbocycles. The highest BCUT2D eigenvalue weighted by atomic mass is 79.9. The molecule has 0 fully saturated rings. The van der Waals surface area contributed by atoms with Gasteiger partial charge in [-0.15, -0.1) is 10.2 Å². The van der Waals surface area contributed by atoms with Gasteiger partial charge in [-0.05, 0) is 25.2 Å². The predicted molar refractivity (Wildman–Crippen MR) is 73.5 cm³/mol. The van der Waals surface area contributed by atoms with Crippen LogP contribution in [0, 0.1) is 0 Å². The number of nitrogens with zero attached hydrogens (tertiary/aromatic N) is 2. The number of nitrogens with one attached hydrogen (secondary N) is 1. The zero-order valence-corrected chi connectivity index (χ0v) is 12.5. The molecule has 1 N–H and O–H groups in total. The Kier molecular flexibility index (Phi) is 4.07. The molecule has 0 atom stereocenters. The van der Waals surface area contributed by atoms with E-state index in [0.717, 1.165) is 31.1 Å². The van der Waals surface area contributed by atoms with Gasteiger partial charge in [0.2, 0.25) is 0 Å². The average molecular weight is 363 g/mol. The van der Waals surface area contributed by atoms with Gasteiger partial charge in [-0.1, -0.05) is 43.2 Å². The quantitative estimate of drug-likeness (QED) is 0.908. The lowest BCUT2D eigenvalue weighted by Crippen LogP contribution is -2.04. The number of aromatic nitrogens is 2. The number of halogens is 2. The zero-order valence-electron chi connectivity index (χ0n) is 8.50. The fourth-order valence-electron chi connectivity index (χ4n) is 1.27. The van der Waals surface area contributed by atoms with E-state index < -0.39 is 0 Å². The van der Waals surface area contributed by atoms with Crippen LogP contribution in [0.15, 0.2) is 27.1 Å². The van der Waals surface area contributed by atoms with Crippen LogP contribution in [0.1, 0.15) is 5.01 Å². The molecule has 0 radical (unpaired) electrons. The van der Waals surface area contributed by atoms with Gasteiger partial charge in [0.25, 0.3) is 0 Å². The third-order valence-electron chi connectivity index (χ3n) is 1.90. The van der Waals surface area contributed by atoms with Crippen LogP contribution in [0.5, 0.6) is 0 Å². The molecule has 0 bridgehead atoms. The predicted octanol–water partition coefficient (Wildman–Crippen LogP) is 3.45. The van der Waals surface area contributed by atoms with Crippen molar-refractivity contribution in [3.63, 3.8) is 0 Å². The molecule has 2 aromatic rings. The Hall–Kier alpha value is -0.300. The van der Waals surface area contributed by atoms with Crippen LogP contribution in [0.4, 0.5) is 0 Å². The number of hydrogen-bond donors (Lipinski definition) is 1. The van der Waals surface area contributed by atoms with E-state index in [2.05, 4.69) is 47.4 Å². The number of rotatable bonds is 3. The molecule has 0 amide bonds. The van der Waals surface area contributed by atoms with Gasteiger partial charge < -0.3 is 5.32 Å². The summed E-state index contributed by atoms with van der Waals surface area (Å²) < 4.78 is 2.06. The SMILES string of the molecule is CNCc1nnc(-c2cc(Br)cc(Br)c2)s1. The molecule has 0 aliphatic rings. The van der Waals surface area contributed by atoms with Crippen molar-refractivity contribution in [1.82, 2.24) is 15.5 Å². The molecule has 16 heavy (non-hydrogen) atoms. The highest BCUT2D eigenvalue weighted by Crippen LogP contribution is 2.29. The van der Waals surface area contributed by atoms with Crippen LogP contribution in [-0.4, -0.2) is 17.2 Å². The molecule has 3 nitrogen and oxygen atoms in total. The van der Waals surface area contributed by atoms with Crippen LogP contribution in [0.3, 0.4) is 0 Å². The molecular formula is C10H9Br2N3S. The minimum atomic E-state index is 0.757. The zero-order chi connectivity index (χ0) is 11.5. The van der Waals surface area contributed by atoms with E-state index >= 15 is 0 Å². The highest BCUT2D eigenvalue weighted by Gasteiger charge is 2.07. The second-order valence-electron chi connectivity index (χ2n) is 3.19. The van der Waals surface area contributed by atoms with Crippen molar-refractivity contribution < 1.29 is 0 Å². The van der Waals surface area contributed by atoms with Crippen molar-refractivity contribution >= 4 is 43.2 Å². The Morgan fingerprint density at radius 3 is 2.50 bits per heavy atom. The Morgan fingerprint density at radius 1 is 1.19 bits per heavy atom. The van der Waals surface area contributed by atoms with Crippen LogP contribution >= 0.6 is 43.2 Å². The standard InChI is InChI=1S/C10H9Br2N3S/c1-13-5-9-14-15-10(16-9)6-2-7(11)4-8(12)3-6/h2-4,13H,5H2,1H3. The molecule has 0 aliphatic carbocycles. The first-order valence-electron chi connectivity index (χ1n) is 4.62. The van der Waals surface area contributed by atoms with Crippen molar-refractivity contribution in [3.05, 3.63) is 32.2 Å². The molecule has 0 unspecified atom stereocenters. The van der Waals surface area contributed by atoms with Gasteiger partial charge in [0.1, 0.15) is 10.0 Å². The van der Waals surface area contributed by atoms with Gasteiger partial charge in [0.05, 0.1) is 0 Å². The lowest BCUT2D eigenvalue weighted by molar-refractivity contribution is 0.795. The summed E-state index contributed by atoms with van der Waals surface area (Å²) in [4.78, 5) is 0. The van der Waals surface area contributed by atoms with Crippen LogP contribution in [0.25, 0.3) is 10.6 Å². The van der Waals surface area contributed by atoms with Crippen molar-refractivity contribution in [1.29, 1.82) is 0 Å². The maximum Gasteiger partial charge on any atom is 0.147 e. The first-order valence-corrected chi connectivity index (χ1v) is 7.03. The Morgan fingerprint density at radius 2 is 1.88 bits per heavy atom. The molecule has 1 heterocycles. The second kappa shape index (κ2) is 5.35. The summed E-state index contributed by atoms with van der Waals surface area (Å²) in [7, 11) is 1.90. The Bertz CT molecular complexity index is 478. The molecule has 84 valence electrons. The van der Waals surface area contributed by atoms with Crippen LogP contribution in [-0.2, 0) is 6.54 Å². The van der Waals surface area contributed by atoms with Gasteiger partial charge in [0.15, 0.2) is 0 Å². The molecule has 2 rings (SSSR count). The Balaban J connectivity index is 2.34. The topological polar surface area (TPSA) is 37.8 Å². The molecular weight excluding hydrogens is 354 g/mol. The minimum Gasteiger partial charge on any atom is -0.313 e. The third kappa shape index (κ3) is 2.88. The van der Waals surface area contributed by atoms with E-state index in [0.29, 0.717) is 0 Å². The lowest BCUT2D eigenvalue weighted by atomic mass is 10.2. The first-order chi connectivity index (χ1) is 7.69. The van der Waals surface area contributed by atoms with Gasteiger partial charge in [-0.3, -0.25) is 0 Å². The normalized spacial score (nSPS) is 10.7. The maximum absolute atomic E-state index is 4.17. The summed E-state index contributed by atoms with van der Waals surface area (Å²) in [6, 6.07) is 6.07. The first kappa shape index (κ1) is 12.2. The van der Waals surface area contributed by atoms with Crippen molar-refractivity contribution in [2.45, 2.75) is 6.54 Å². The van der Waals surface area contributed by atoms with Crippen molar-refractivity contribution in [2.75, 3.05) is 7.05 Å². The molecule has 0 spiro atoms. The summed E-state index contributed by atoms with van der Waals surface area (Å²) in [6.45, 7) is 0.757. The van der Waals surface area contributed by atoms with E-state index in [1.54, 1.807) is 11.3 Å². The average Bonchev–Trinajstić information content (AvgIpc) is 2.65. The molecule has 6 heteroatoms. The third-order valence-corrected chi connectivity index (χ3v) is 3.79. The largest absolute Gasteiger partial charge is 0.313 e. The summed E-state index contributed by atoms with van der Waals surface area (Å²) in [6.07, 6.45) is 0. The monoisotopic (exact) mass is 361 g/mol. The maximum atomic E-state index is 4.17. The number of benzene rings is 1. The van der Waals surface area contributed by atoms with Gasteiger partial charge in [-0.25, -0.2) is 0 Å². The number of hydrogen-bond acceptors (Lipinski definition) is 4. The van der Waals surface area contributed by atoms with Crippen LogP contribution < -0.4 is 5.32 Å². The van der Waals surface area contributed by atoms with Crippen molar-refractivity contribution in [2.24, 2.45) is 0 Å². The van der Waals surface area contributed by atoms with Gasteiger partial charge in [0, 0.05) is 21.1 Å². The van der Waals surface area contributed by atoms with Gasteiger partial charge in [-0.2, -0.15) is 0 Å². The van der Waals surface area contributed by atoms with E-state index in [1.807, 2.05) is 25.2 Å². The lowest BCUT2D eigenvalue weighted by Gasteiger charge is -1.98. The molecule has 1 aromatic heterocycles. The summed E-state index contributed by atoms with van der Waals surface area (Å²) in [5, 5.41) is 13.3. The highest BCUT2D eigenvalue weighted by molar-refractivity contribution is 9.11. The Labute approximate surface area is 115 Å². The smallest absolute Gasteiger partial charge is 0.147 e. The van der Waals surface area contributed by atoms with E-state index in [1.165, 1.54) is 0 Å². The summed E-state index contributed by atoms with van der Waals surface area (Å²) in [5.74, 6) is 0. The fraction of sp³-hybridized carbons (Fsp3) is 0.200. The van der Waals surface area contributed by atoms with Crippen molar-refractivity contribution in [3.8, 4) is 10.6 Å². The molecule has 0 saturated heterocycles. The van der Waals surface area contributed by atoms with Gasteiger partial charge >= 0.3 is 0 Å². The molecule has 0 aliphatic heterocycles. The fourth-order valence-corrected chi connectivity index (χ4v) is 3.40. The second-order valence-corrected chi connectivity index (χ2v) is 6.08. The summed E-state index contributed by atoms with van der Waals surface area (Å²) in [5.41, 5.74) is 1.07. The van der Waals surface area contributed by atoms with E-state index in [9.17, 15) is 0 Å². The van der Waals surface area contributed by atoms with E-state index in [4.69, 9.17) is 0 Å².